The molecule has 0 aliphatic carbocycles. The summed E-state index contributed by atoms with van der Waals surface area (Å²) in [6.07, 6.45) is 1.40. The lowest BCUT2D eigenvalue weighted by Crippen LogP contribution is -2.09. The van der Waals surface area contributed by atoms with Crippen molar-refractivity contribution in [1.29, 1.82) is 0 Å². The number of aromatic nitrogens is 2. The normalized spacial score (nSPS) is 13.3. The summed E-state index contributed by atoms with van der Waals surface area (Å²) >= 11 is 0. The highest BCUT2D eigenvalue weighted by Gasteiger charge is 2.09. The molecule has 0 saturated carbocycles. The van der Waals surface area contributed by atoms with Crippen LogP contribution in [0, 0.1) is 0 Å². The molecule has 5 nitrogen and oxygen atoms in total. The van der Waals surface area contributed by atoms with Crippen molar-refractivity contribution in [3.63, 3.8) is 0 Å². The first-order chi connectivity index (χ1) is 8.81. The first-order valence-electron chi connectivity index (χ1n) is 5.91. The van der Waals surface area contributed by atoms with Gasteiger partial charge in [-0.1, -0.05) is 18.2 Å². The third-order valence-electron chi connectivity index (χ3n) is 3.05. The zero-order valence-electron chi connectivity index (χ0n) is 9.86. The van der Waals surface area contributed by atoms with Crippen LogP contribution in [0.3, 0.4) is 0 Å². The van der Waals surface area contributed by atoms with Crippen molar-refractivity contribution in [2.75, 3.05) is 5.32 Å². The average Bonchev–Trinajstić information content (AvgIpc) is 2.84. The van der Waals surface area contributed by atoms with Crippen LogP contribution < -0.4 is 16.2 Å². The molecule has 2 heterocycles. The van der Waals surface area contributed by atoms with E-state index in [-0.39, 0.29) is 5.56 Å². The molecule has 0 bridgehead atoms. The quantitative estimate of drug-likeness (QED) is 0.750. The van der Waals surface area contributed by atoms with Crippen molar-refractivity contribution in [2.24, 2.45) is 0 Å². The van der Waals surface area contributed by atoms with Crippen LogP contribution in [0.1, 0.15) is 16.7 Å². The van der Waals surface area contributed by atoms with Gasteiger partial charge < -0.3 is 15.6 Å². The molecule has 0 spiro atoms. The summed E-state index contributed by atoms with van der Waals surface area (Å²) in [4.78, 5) is 17.6. The SMILES string of the molecule is O=c1cc(NCc2ccc3c(c2)CNC3)nc[nH]1. The Morgan fingerprint density at radius 3 is 3.00 bits per heavy atom. The molecular weight excluding hydrogens is 228 g/mol. The van der Waals surface area contributed by atoms with Crippen LogP contribution in [0.25, 0.3) is 0 Å². The van der Waals surface area contributed by atoms with Crippen molar-refractivity contribution in [2.45, 2.75) is 19.6 Å². The van der Waals surface area contributed by atoms with Crippen LogP contribution in [0.2, 0.25) is 0 Å². The molecule has 1 aromatic heterocycles. The highest BCUT2D eigenvalue weighted by atomic mass is 16.1. The van der Waals surface area contributed by atoms with E-state index in [2.05, 4.69) is 38.8 Å². The van der Waals surface area contributed by atoms with Crippen molar-refractivity contribution >= 4 is 5.82 Å². The number of hydrogen-bond acceptors (Lipinski definition) is 4. The number of hydrogen-bond donors (Lipinski definition) is 3. The molecule has 18 heavy (non-hydrogen) atoms. The second kappa shape index (κ2) is 4.62. The van der Waals surface area contributed by atoms with Crippen LogP contribution in [0.4, 0.5) is 5.82 Å². The Hall–Kier alpha value is -2.14. The molecule has 0 fully saturated rings. The maximum atomic E-state index is 11.1. The third-order valence-corrected chi connectivity index (χ3v) is 3.05. The lowest BCUT2D eigenvalue weighted by Gasteiger charge is -2.06. The van der Waals surface area contributed by atoms with Crippen molar-refractivity contribution in [1.82, 2.24) is 15.3 Å². The van der Waals surface area contributed by atoms with Crippen molar-refractivity contribution in [3.8, 4) is 0 Å². The van der Waals surface area contributed by atoms with Gasteiger partial charge in [0, 0.05) is 25.7 Å². The summed E-state index contributed by atoms with van der Waals surface area (Å²) in [5.41, 5.74) is 3.77. The van der Waals surface area contributed by atoms with Gasteiger partial charge in [-0.3, -0.25) is 4.79 Å². The predicted molar refractivity (Wildman–Crippen MR) is 69.2 cm³/mol. The maximum absolute atomic E-state index is 11.1. The topological polar surface area (TPSA) is 69.8 Å². The second-order valence-electron chi connectivity index (χ2n) is 4.36. The van der Waals surface area contributed by atoms with Gasteiger partial charge in [0.1, 0.15) is 5.82 Å². The molecule has 1 aromatic carbocycles. The van der Waals surface area contributed by atoms with Gasteiger partial charge in [-0.25, -0.2) is 4.98 Å². The van der Waals surface area contributed by atoms with Gasteiger partial charge >= 0.3 is 0 Å². The highest BCUT2D eigenvalue weighted by Crippen LogP contribution is 2.17. The minimum atomic E-state index is -0.148. The molecule has 0 amide bonds. The molecule has 2 aromatic rings. The number of nitrogens with one attached hydrogen (secondary N) is 3. The Morgan fingerprint density at radius 2 is 2.11 bits per heavy atom. The van der Waals surface area contributed by atoms with Gasteiger partial charge in [0.15, 0.2) is 0 Å². The van der Waals surface area contributed by atoms with E-state index in [1.165, 1.54) is 29.1 Å². The van der Waals surface area contributed by atoms with E-state index in [0.29, 0.717) is 12.4 Å². The Kier molecular flexibility index (Phi) is 2.82. The highest BCUT2D eigenvalue weighted by molar-refractivity contribution is 5.38. The Labute approximate surface area is 104 Å². The van der Waals surface area contributed by atoms with Gasteiger partial charge in [-0.2, -0.15) is 0 Å². The summed E-state index contributed by atoms with van der Waals surface area (Å²) in [5, 5.41) is 6.46. The minimum absolute atomic E-state index is 0.148. The number of nitrogens with zero attached hydrogens (tertiary/aromatic N) is 1. The first kappa shape index (κ1) is 11.0. The number of benzene rings is 1. The van der Waals surface area contributed by atoms with E-state index in [0.717, 1.165) is 13.1 Å². The Balaban J connectivity index is 1.72. The van der Waals surface area contributed by atoms with Crippen molar-refractivity contribution < 1.29 is 0 Å². The largest absolute Gasteiger partial charge is 0.366 e. The number of aromatic amines is 1. The number of rotatable bonds is 3. The molecule has 0 saturated heterocycles. The Bertz CT molecular complexity index is 620. The summed E-state index contributed by atoms with van der Waals surface area (Å²) in [5.74, 6) is 0.595. The molecular formula is C13H14N4O. The molecule has 3 N–H and O–H groups in total. The molecule has 3 rings (SSSR count). The van der Waals surface area contributed by atoms with Crippen LogP contribution >= 0.6 is 0 Å². The van der Waals surface area contributed by atoms with Crippen LogP contribution in [-0.2, 0) is 19.6 Å². The van der Waals surface area contributed by atoms with Crippen LogP contribution in [0.5, 0.6) is 0 Å². The number of H-pyrrole nitrogens is 1. The molecule has 1 aliphatic heterocycles. The van der Waals surface area contributed by atoms with E-state index in [1.54, 1.807) is 0 Å². The van der Waals surface area contributed by atoms with E-state index >= 15 is 0 Å². The molecule has 0 radical (unpaired) electrons. The summed E-state index contributed by atoms with van der Waals surface area (Å²) < 4.78 is 0. The summed E-state index contributed by atoms with van der Waals surface area (Å²) in [6.45, 7) is 2.56. The fourth-order valence-corrected chi connectivity index (χ4v) is 2.12. The van der Waals surface area contributed by atoms with Gasteiger partial charge in [0.25, 0.3) is 5.56 Å². The zero-order chi connectivity index (χ0) is 12.4. The molecule has 5 heteroatoms. The van der Waals surface area contributed by atoms with Crippen molar-refractivity contribution in [3.05, 3.63) is 57.6 Å². The molecule has 0 atom stereocenters. The lowest BCUT2D eigenvalue weighted by atomic mass is 10.1. The van der Waals surface area contributed by atoms with Crippen LogP contribution in [0.15, 0.2) is 35.4 Å². The molecule has 92 valence electrons. The second-order valence-corrected chi connectivity index (χ2v) is 4.36. The van der Waals surface area contributed by atoms with E-state index in [9.17, 15) is 4.79 Å². The van der Waals surface area contributed by atoms with Gasteiger partial charge in [-0.15, -0.1) is 0 Å². The van der Waals surface area contributed by atoms with Gasteiger partial charge in [0.2, 0.25) is 0 Å². The minimum Gasteiger partial charge on any atom is -0.366 e. The Morgan fingerprint density at radius 1 is 1.22 bits per heavy atom. The number of anilines is 1. The zero-order valence-corrected chi connectivity index (χ0v) is 9.86. The molecule has 1 aliphatic rings. The number of fused-ring (bicyclic) bond motifs is 1. The summed E-state index contributed by atoms with van der Waals surface area (Å²) in [7, 11) is 0. The van der Waals surface area contributed by atoms with Gasteiger partial charge in [0.05, 0.1) is 6.33 Å². The first-order valence-corrected chi connectivity index (χ1v) is 5.91. The standard InChI is InChI=1S/C13H14N4O/c18-13-4-12(16-8-17-13)15-5-9-1-2-10-6-14-7-11(10)3-9/h1-4,8,14H,5-7H2,(H2,15,16,17,18). The van der Waals surface area contributed by atoms with Gasteiger partial charge in [-0.05, 0) is 16.7 Å². The van der Waals surface area contributed by atoms with Crippen LogP contribution in [-0.4, -0.2) is 9.97 Å². The van der Waals surface area contributed by atoms with E-state index in [4.69, 9.17) is 0 Å². The van der Waals surface area contributed by atoms with E-state index < -0.39 is 0 Å². The smallest absolute Gasteiger partial charge is 0.252 e. The fraction of sp³-hybridized carbons (Fsp3) is 0.231. The summed E-state index contributed by atoms with van der Waals surface area (Å²) in [6, 6.07) is 7.90. The average molecular weight is 242 g/mol. The third kappa shape index (κ3) is 2.26. The maximum Gasteiger partial charge on any atom is 0.252 e. The predicted octanol–water partition coefficient (Wildman–Crippen LogP) is 0.985. The lowest BCUT2D eigenvalue weighted by molar-refractivity contribution is 0.764. The van der Waals surface area contributed by atoms with E-state index in [1.807, 2.05) is 0 Å². The molecule has 0 unspecified atom stereocenters. The fourth-order valence-electron chi connectivity index (χ4n) is 2.12. The monoisotopic (exact) mass is 242 g/mol.